The first-order valence-electron chi connectivity index (χ1n) is 9.38. The molecular formula is C21H24N6O3. The topological polar surface area (TPSA) is 104 Å². The summed E-state index contributed by atoms with van der Waals surface area (Å²) in [5.41, 5.74) is 3.57. The average molecular weight is 408 g/mol. The van der Waals surface area contributed by atoms with Crippen molar-refractivity contribution in [1.29, 1.82) is 0 Å². The maximum absolute atomic E-state index is 12.5. The summed E-state index contributed by atoms with van der Waals surface area (Å²) in [6.45, 7) is 2.39. The minimum Gasteiger partial charge on any atom is -0.489 e. The third-order valence-corrected chi connectivity index (χ3v) is 4.38. The number of aryl methyl sites for hydroxylation is 2. The zero-order valence-corrected chi connectivity index (χ0v) is 17.4. The largest absolute Gasteiger partial charge is 0.489 e. The highest BCUT2D eigenvalue weighted by molar-refractivity contribution is 6.47. The highest BCUT2D eigenvalue weighted by atomic mass is 16.6. The molecule has 1 N–H and O–H groups in total. The number of aromatic nitrogens is 4. The Labute approximate surface area is 174 Å². The van der Waals surface area contributed by atoms with Crippen molar-refractivity contribution in [3.63, 3.8) is 0 Å². The first-order valence-corrected chi connectivity index (χ1v) is 9.38. The van der Waals surface area contributed by atoms with Crippen LogP contribution in [0.2, 0.25) is 0 Å². The summed E-state index contributed by atoms with van der Waals surface area (Å²) < 4.78 is 6.04. The van der Waals surface area contributed by atoms with Crippen LogP contribution in [0.1, 0.15) is 16.7 Å². The monoisotopic (exact) mass is 408 g/mol. The van der Waals surface area contributed by atoms with Crippen molar-refractivity contribution < 1.29 is 14.4 Å². The fraction of sp³-hybridized carbons (Fsp3) is 0.286. The Balaban J connectivity index is 1.81. The van der Waals surface area contributed by atoms with Crippen LogP contribution < -0.4 is 10.1 Å². The fourth-order valence-corrected chi connectivity index (χ4v) is 2.97. The van der Waals surface area contributed by atoms with E-state index in [4.69, 9.17) is 9.57 Å². The molecule has 1 aromatic heterocycles. The van der Waals surface area contributed by atoms with Crippen LogP contribution in [0.25, 0.3) is 11.4 Å². The Kier molecular flexibility index (Phi) is 6.87. The summed E-state index contributed by atoms with van der Waals surface area (Å²) >= 11 is 0. The molecule has 0 amide bonds. The number of hydrogen-bond acceptors (Lipinski definition) is 8. The van der Waals surface area contributed by atoms with Gasteiger partial charge in [-0.1, -0.05) is 29.4 Å². The van der Waals surface area contributed by atoms with E-state index < -0.39 is 0 Å². The molecule has 3 rings (SSSR count). The number of ketones is 1. The Morgan fingerprint density at radius 1 is 1.23 bits per heavy atom. The third-order valence-electron chi connectivity index (χ3n) is 4.38. The molecule has 3 aromatic rings. The molecule has 0 fully saturated rings. The zero-order chi connectivity index (χ0) is 21.5. The van der Waals surface area contributed by atoms with Gasteiger partial charge in [0.25, 0.3) is 0 Å². The molecule has 0 aliphatic heterocycles. The van der Waals surface area contributed by atoms with Crippen molar-refractivity contribution in [1.82, 2.24) is 25.5 Å². The first kappa shape index (κ1) is 21.1. The highest BCUT2D eigenvalue weighted by Gasteiger charge is 2.18. The van der Waals surface area contributed by atoms with E-state index in [1.807, 2.05) is 49.4 Å². The minimum absolute atomic E-state index is 0.161. The summed E-state index contributed by atoms with van der Waals surface area (Å²) in [6.07, 6.45) is 0. The fourth-order valence-electron chi connectivity index (χ4n) is 2.97. The number of nitrogens with one attached hydrogen (secondary N) is 1. The van der Waals surface area contributed by atoms with Gasteiger partial charge in [-0.25, -0.2) is 0 Å². The number of carbonyl (C=O) groups is 1. The van der Waals surface area contributed by atoms with Crippen LogP contribution in [0.5, 0.6) is 5.75 Å². The van der Waals surface area contributed by atoms with Crippen molar-refractivity contribution in [3.05, 3.63) is 59.2 Å². The number of likely N-dealkylation sites (N-methyl/N-ethyl adjacent to an activating group) is 1. The lowest BCUT2D eigenvalue weighted by molar-refractivity contribution is -0.112. The summed E-state index contributed by atoms with van der Waals surface area (Å²) in [5.74, 6) is 1.12. The van der Waals surface area contributed by atoms with Gasteiger partial charge in [-0.3, -0.25) is 4.79 Å². The Morgan fingerprint density at radius 2 is 2.03 bits per heavy atom. The number of rotatable bonds is 9. The number of tetrazole rings is 1. The molecule has 156 valence electrons. The molecule has 0 saturated carbocycles. The van der Waals surface area contributed by atoms with Crippen molar-refractivity contribution >= 4 is 11.5 Å². The van der Waals surface area contributed by atoms with Gasteiger partial charge in [-0.2, -0.15) is 4.80 Å². The Bertz CT molecular complexity index is 1060. The van der Waals surface area contributed by atoms with E-state index in [1.165, 1.54) is 11.9 Å². The molecule has 0 radical (unpaired) electrons. The average Bonchev–Trinajstić information content (AvgIpc) is 3.18. The van der Waals surface area contributed by atoms with Gasteiger partial charge >= 0.3 is 0 Å². The van der Waals surface area contributed by atoms with Gasteiger partial charge in [0, 0.05) is 11.1 Å². The molecule has 0 aliphatic rings. The maximum Gasteiger partial charge on any atom is 0.204 e. The lowest BCUT2D eigenvalue weighted by Crippen LogP contribution is -2.28. The molecule has 9 nitrogen and oxygen atoms in total. The van der Waals surface area contributed by atoms with E-state index in [0.29, 0.717) is 11.4 Å². The number of ether oxygens (including phenoxy) is 1. The lowest BCUT2D eigenvalue weighted by Gasteiger charge is -2.14. The van der Waals surface area contributed by atoms with Gasteiger partial charge < -0.3 is 14.9 Å². The third kappa shape index (κ3) is 4.87. The number of nitrogens with zero attached hydrogens (tertiary/aromatic N) is 5. The number of oxime groups is 1. The van der Waals surface area contributed by atoms with E-state index in [2.05, 4.69) is 25.9 Å². The van der Waals surface area contributed by atoms with Crippen molar-refractivity contribution in [2.45, 2.75) is 13.5 Å². The van der Waals surface area contributed by atoms with Gasteiger partial charge in [0.05, 0.1) is 13.6 Å². The maximum atomic E-state index is 12.5. The standard InChI is InChI=1S/C21H24N6O3/c1-14-11-15(21-23-26-27(3)24-21)9-10-19(14)30-13-16-7-5-6-8-17(16)20(25-29-4)18(28)12-22-2/h5-11,22H,12-13H2,1-4H3/b25-20+. The predicted molar refractivity (Wildman–Crippen MR) is 112 cm³/mol. The number of Topliss-reactive ketones (excluding diaryl/α,β-unsaturated/α-hetero) is 1. The molecule has 0 spiro atoms. The summed E-state index contributed by atoms with van der Waals surface area (Å²) in [7, 11) is 4.85. The van der Waals surface area contributed by atoms with Crippen molar-refractivity contribution in [2.75, 3.05) is 20.7 Å². The smallest absolute Gasteiger partial charge is 0.204 e. The molecule has 30 heavy (non-hydrogen) atoms. The lowest BCUT2D eigenvalue weighted by atomic mass is 10.0. The van der Waals surface area contributed by atoms with E-state index >= 15 is 0 Å². The van der Waals surface area contributed by atoms with Crippen LogP contribution in [-0.4, -0.2) is 52.4 Å². The van der Waals surface area contributed by atoms with E-state index in [9.17, 15) is 4.79 Å². The Hall–Kier alpha value is -3.59. The van der Waals surface area contributed by atoms with Crippen LogP contribution >= 0.6 is 0 Å². The SMILES string of the molecule is CNCC(=O)/C(=N/OC)c1ccccc1COc1ccc(-c2nnn(C)n2)cc1C. The second-order valence-electron chi connectivity index (χ2n) is 6.60. The zero-order valence-electron chi connectivity index (χ0n) is 17.4. The Morgan fingerprint density at radius 3 is 2.70 bits per heavy atom. The minimum atomic E-state index is -0.163. The van der Waals surface area contributed by atoms with E-state index in [-0.39, 0.29) is 24.6 Å². The van der Waals surface area contributed by atoms with Crippen LogP contribution in [-0.2, 0) is 23.3 Å². The molecule has 9 heteroatoms. The predicted octanol–water partition coefficient (Wildman–Crippen LogP) is 1.90. The van der Waals surface area contributed by atoms with Crippen molar-refractivity contribution in [2.24, 2.45) is 12.2 Å². The molecule has 0 saturated heterocycles. The molecule has 0 bridgehead atoms. The van der Waals surface area contributed by atoms with E-state index in [0.717, 1.165) is 22.4 Å². The number of hydrogen-bond donors (Lipinski definition) is 1. The normalized spacial score (nSPS) is 11.4. The van der Waals surface area contributed by atoms with Gasteiger partial charge in [-0.15, -0.1) is 10.2 Å². The molecule has 2 aromatic carbocycles. The van der Waals surface area contributed by atoms with Gasteiger partial charge in [0.15, 0.2) is 11.5 Å². The van der Waals surface area contributed by atoms with Gasteiger partial charge in [0.1, 0.15) is 19.5 Å². The summed E-state index contributed by atoms with van der Waals surface area (Å²) in [4.78, 5) is 18.8. The van der Waals surface area contributed by atoms with Crippen LogP contribution in [0.4, 0.5) is 0 Å². The first-order chi connectivity index (χ1) is 14.5. The highest BCUT2D eigenvalue weighted by Crippen LogP contribution is 2.25. The molecule has 1 heterocycles. The number of carbonyl (C=O) groups excluding carboxylic acids is 1. The quantitative estimate of drug-likeness (QED) is 0.426. The second kappa shape index (κ2) is 9.75. The number of benzene rings is 2. The van der Waals surface area contributed by atoms with Gasteiger partial charge in [0.2, 0.25) is 5.82 Å². The molecule has 0 aliphatic carbocycles. The van der Waals surface area contributed by atoms with Crippen molar-refractivity contribution in [3.8, 4) is 17.1 Å². The summed E-state index contributed by atoms with van der Waals surface area (Å²) in [6, 6.07) is 13.2. The second-order valence-corrected chi connectivity index (χ2v) is 6.60. The molecular weight excluding hydrogens is 384 g/mol. The van der Waals surface area contributed by atoms with Crippen LogP contribution in [0.15, 0.2) is 47.6 Å². The molecule has 0 atom stereocenters. The summed E-state index contributed by atoms with van der Waals surface area (Å²) in [5, 5.41) is 18.9. The van der Waals surface area contributed by atoms with Crippen LogP contribution in [0, 0.1) is 6.92 Å². The van der Waals surface area contributed by atoms with Crippen LogP contribution in [0.3, 0.4) is 0 Å². The van der Waals surface area contributed by atoms with Gasteiger partial charge in [-0.05, 0) is 48.5 Å². The van der Waals surface area contributed by atoms with E-state index in [1.54, 1.807) is 14.1 Å². The molecule has 0 unspecified atom stereocenters.